The maximum absolute atomic E-state index is 12.2. The standard InChI is InChI=1S/C20H25N3O4/c1-4-5-19(24)22-14-6-8-15(9-7-14)23-20(25)13-21-17-12-16(26-2)10-11-18(17)27-3/h6-12,21H,4-5,13H2,1-3H3,(H,22,24)(H,23,25). The van der Waals surface area contributed by atoms with Gasteiger partial charge in [0.2, 0.25) is 11.8 Å². The molecule has 0 bridgehead atoms. The van der Waals surface area contributed by atoms with Gasteiger partial charge in [-0.3, -0.25) is 9.59 Å². The maximum atomic E-state index is 12.2. The van der Waals surface area contributed by atoms with Gasteiger partial charge in [0.05, 0.1) is 26.5 Å². The molecular weight excluding hydrogens is 346 g/mol. The summed E-state index contributed by atoms with van der Waals surface area (Å²) in [7, 11) is 3.14. The van der Waals surface area contributed by atoms with Crippen molar-refractivity contribution in [2.24, 2.45) is 0 Å². The van der Waals surface area contributed by atoms with Gasteiger partial charge in [-0.15, -0.1) is 0 Å². The van der Waals surface area contributed by atoms with Crippen LogP contribution in [0.3, 0.4) is 0 Å². The monoisotopic (exact) mass is 371 g/mol. The lowest BCUT2D eigenvalue weighted by atomic mass is 10.2. The van der Waals surface area contributed by atoms with Gasteiger partial charge >= 0.3 is 0 Å². The van der Waals surface area contributed by atoms with Crippen molar-refractivity contribution in [3.05, 3.63) is 42.5 Å². The van der Waals surface area contributed by atoms with E-state index in [2.05, 4.69) is 16.0 Å². The smallest absolute Gasteiger partial charge is 0.243 e. The summed E-state index contributed by atoms with van der Waals surface area (Å²) >= 11 is 0. The number of ether oxygens (including phenoxy) is 2. The third-order valence-corrected chi connectivity index (χ3v) is 3.78. The fourth-order valence-corrected chi connectivity index (χ4v) is 2.42. The minimum atomic E-state index is -0.206. The average molecular weight is 371 g/mol. The number of rotatable bonds is 9. The second-order valence-electron chi connectivity index (χ2n) is 5.84. The van der Waals surface area contributed by atoms with E-state index in [0.717, 1.165) is 6.42 Å². The number of nitrogens with one attached hydrogen (secondary N) is 3. The first-order valence-electron chi connectivity index (χ1n) is 8.71. The lowest BCUT2D eigenvalue weighted by Gasteiger charge is -2.13. The van der Waals surface area contributed by atoms with Gasteiger partial charge in [0.15, 0.2) is 0 Å². The first-order valence-corrected chi connectivity index (χ1v) is 8.71. The van der Waals surface area contributed by atoms with Gasteiger partial charge in [0.1, 0.15) is 11.5 Å². The molecule has 0 heterocycles. The number of anilines is 3. The summed E-state index contributed by atoms with van der Waals surface area (Å²) in [5.74, 6) is 1.06. The zero-order valence-corrected chi connectivity index (χ0v) is 15.8. The van der Waals surface area contributed by atoms with Crippen LogP contribution in [0.4, 0.5) is 17.1 Å². The summed E-state index contributed by atoms with van der Waals surface area (Å²) in [4.78, 5) is 23.8. The SMILES string of the molecule is CCCC(=O)Nc1ccc(NC(=O)CNc2cc(OC)ccc2OC)cc1. The second kappa shape index (κ2) is 10.1. The minimum Gasteiger partial charge on any atom is -0.497 e. The molecule has 0 unspecified atom stereocenters. The number of carbonyl (C=O) groups is 2. The quantitative estimate of drug-likeness (QED) is 0.628. The summed E-state index contributed by atoms with van der Waals surface area (Å²) in [6.45, 7) is 2.02. The molecule has 7 nitrogen and oxygen atoms in total. The molecule has 7 heteroatoms. The number of amides is 2. The summed E-state index contributed by atoms with van der Waals surface area (Å²) in [6, 6.07) is 12.3. The van der Waals surface area contributed by atoms with Crippen molar-refractivity contribution in [1.29, 1.82) is 0 Å². The molecule has 0 aliphatic carbocycles. The minimum absolute atomic E-state index is 0.0225. The molecule has 0 spiro atoms. The van der Waals surface area contributed by atoms with Gasteiger partial charge < -0.3 is 25.4 Å². The molecule has 0 aromatic heterocycles. The van der Waals surface area contributed by atoms with Crippen molar-refractivity contribution < 1.29 is 19.1 Å². The largest absolute Gasteiger partial charge is 0.497 e. The normalized spacial score (nSPS) is 10.0. The molecule has 0 aliphatic rings. The lowest BCUT2D eigenvalue weighted by Crippen LogP contribution is -2.22. The van der Waals surface area contributed by atoms with E-state index in [1.54, 1.807) is 56.7 Å². The molecule has 3 N–H and O–H groups in total. The van der Waals surface area contributed by atoms with E-state index in [4.69, 9.17) is 9.47 Å². The molecule has 2 amide bonds. The molecule has 0 atom stereocenters. The molecule has 0 aliphatic heterocycles. The third-order valence-electron chi connectivity index (χ3n) is 3.78. The van der Waals surface area contributed by atoms with E-state index in [1.807, 2.05) is 6.92 Å². The van der Waals surface area contributed by atoms with Crippen LogP contribution in [0.25, 0.3) is 0 Å². The second-order valence-corrected chi connectivity index (χ2v) is 5.84. The number of methoxy groups -OCH3 is 2. The molecule has 2 aromatic rings. The van der Waals surface area contributed by atoms with Crippen LogP contribution in [0.2, 0.25) is 0 Å². The average Bonchev–Trinajstić information content (AvgIpc) is 2.67. The highest BCUT2D eigenvalue weighted by molar-refractivity contribution is 5.95. The van der Waals surface area contributed by atoms with Crippen molar-refractivity contribution in [3.8, 4) is 11.5 Å². The number of carbonyl (C=O) groups excluding carboxylic acids is 2. The predicted octanol–water partition coefficient (Wildman–Crippen LogP) is 3.49. The van der Waals surface area contributed by atoms with Gasteiger partial charge in [0, 0.05) is 23.9 Å². The number of benzene rings is 2. The Hall–Kier alpha value is -3.22. The molecule has 0 fully saturated rings. The molecular formula is C20H25N3O4. The van der Waals surface area contributed by atoms with Crippen LogP contribution < -0.4 is 25.4 Å². The fourth-order valence-electron chi connectivity index (χ4n) is 2.42. The molecule has 0 saturated carbocycles. The van der Waals surface area contributed by atoms with Gasteiger partial charge in [-0.1, -0.05) is 6.92 Å². The predicted molar refractivity (Wildman–Crippen MR) is 107 cm³/mol. The Bertz CT molecular complexity index is 775. The molecule has 144 valence electrons. The van der Waals surface area contributed by atoms with Gasteiger partial charge in [-0.05, 0) is 42.8 Å². The lowest BCUT2D eigenvalue weighted by molar-refractivity contribution is -0.116. The van der Waals surface area contributed by atoms with Crippen LogP contribution in [0.5, 0.6) is 11.5 Å². The zero-order chi connectivity index (χ0) is 19.6. The molecule has 2 aromatic carbocycles. The van der Waals surface area contributed by atoms with Gasteiger partial charge in [0.25, 0.3) is 0 Å². The Balaban J connectivity index is 1.89. The van der Waals surface area contributed by atoms with Crippen molar-refractivity contribution in [1.82, 2.24) is 0 Å². The van der Waals surface area contributed by atoms with Crippen LogP contribution in [-0.2, 0) is 9.59 Å². The first-order chi connectivity index (χ1) is 13.0. The van der Waals surface area contributed by atoms with Crippen molar-refractivity contribution in [2.45, 2.75) is 19.8 Å². The summed E-state index contributed by atoms with van der Waals surface area (Å²) in [5.41, 5.74) is 2.01. The molecule has 2 rings (SSSR count). The van der Waals surface area contributed by atoms with Crippen LogP contribution >= 0.6 is 0 Å². The molecule has 0 saturated heterocycles. The Labute approximate surface area is 159 Å². The zero-order valence-electron chi connectivity index (χ0n) is 15.8. The van der Waals surface area contributed by atoms with E-state index < -0.39 is 0 Å². The number of hydrogen-bond donors (Lipinski definition) is 3. The van der Waals surface area contributed by atoms with E-state index >= 15 is 0 Å². The Morgan fingerprint density at radius 1 is 0.889 bits per heavy atom. The molecule has 27 heavy (non-hydrogen) atoms. The highest BCUT2D eigenvalue weighted by Crippen LogP contribution is 2.28. The Morgan fingerprint density at radius 3 is 2.07 bits per heavy atom. The van der Waals surface area contributed by atoms with E-state index in [1.165, 1.54) is 0 Å². The number of hydrogen-bond acceptors (Lipinski definition) is 5. The third kappa shape index (κ3) is 6.22. The summed E-state index contributed by atoms with van der Waals surface area (Å²) in [6.07, 6.45) is 1.28. The van der Waals surface area contributed by atoms with E-state index in [9.17, 15) is 9.59 Å². The van der Waals surface area contributed by atoms with Crippen LogP contribution in [0, 0.1) is 0 Å². The van der Waals surface area contributed by atoms with Crippen molar-refractivity contribution in [2.75, 3.05) is 36.7 Å². The molecule has 0 radical (unpaired) electrons. The highest BCUT2D eigenvalue weighted by Gasteiger charge is 2.08. The summed E-state index contributed by atoms with van der Waals surface area (Å²) in [5, 5.41) is 8.64. The topological polar surface area (TPSA) is 88.7 Å². The van der Waals surface area contributed by atoms with Crippen LogP contribution in [0.1, 0.15) is 19.8 Å². The maximum Gasteiger partial charge on any atom is 0.243 e. The Kier molecular flexibility index (Phi) is 7.49. The van der Waals surface area contributed by atoms with Gasteiger partial charge in [-0.2, -0.15) is 0 Å². The van der Waals surface area contributed by atoms with E-state index in [0.29, 0.717) is 35.0 Å². The Morgan fingerprint density at radius 2 is 1.52 bits per heavy atom. The van der Waals surface area contributed by atoms with Crippen LogP contribution in [0.15, 0.2) is 42.5 Å². The van der Waals surface area contributed by atoms with Gasteiger partial charge in [-0.25, -0.2) is 0 Å². The van der Waals surface area contributed by atoms with Crippen LogP contribution in [-0.4, -0.2) is 32.6 Å². The van der Waals surface area contributed by atoms with Crippen molar-refractivity contribution in [3.63, 3.8) is 0 Å². The summed E-state index contributed by atoms with van der Waals surface area (Å²) < 4.78 is 10.5. The fraction of sp³-hybridized carbons (Fsp3) is 0.300. The van der Waals surface area contributed by atoms with Crippen molar-refractivity contribution >= 4 is 28.9 Å². The first kappa shape index (κ1) is 20.1. The highest BCUT2D eigenvalue weighted by atomic mass is 16.5. The van der Waals surface area contributed by atoms with E-state index in [-0.39, 0.29) is 18.4 Å².